The SMILES string of the molecule is C=CC1=C(/C=C(\C)SC)CCC2N(C)C(=O)CC[C@]12C. The lowest BCUT2D eigenvalue weighted by molar-refractivity contribution is -0.139. The Balaban J connectivity index is 2.46. The number of amides is 1. The van der Waals surface area contributed by atoms with Crippen LogP contribution in [0, 0.1) is 5.41 Å². The van der Waals surface area contributed by atoms with Crippen molar-refractivity contribution in [2.45, 2.75) is 45.6 Å². The quantitative estimate of drug-likeness (QED) is 0.778. The fourth-order valence-electron chi connectivity index (χ4n) is 3.75. The van der Waals surface area contributed by atoms with E-state index < -0.39 is 0 Å². The fraction of sp³-hybridized carbons (Fsp3) is 0.588. The van der Waals surface area contributed by atoms with Crippen LogP contribution in [0.25, 0.3) is 0 Å². The molecule has 0 aromatic carbocycles. The van der Waals surface area contributed by atoms with E-state index in [4.69, 9.17) is 0 Å². The smallest absolute Gasteiger partial charge is 0.222 e. The minimum absolute atomic E-state index is 0.0627. The third kappa shape index (κ3) is 2.48. The van der Waals surface area contributed by atoms with E-state index in [1.165, 1.54) is 16.1 Å². The van der Waals surface area contributed by atoms with Crippen LogP contribution in [0.1, 0.15) is 39.5 Å². The Morgan fingerprint density at radius 1 is 1.50 bits per heavy atom. The summed E-state index contributed by atoms with van der Waals surface area (Å²) >= 11 is 1.79. The summed E-state index contributed by atoms with van der Waals surface area (Å²) in [6, 6.07) is 0.323. The molecule has 1 fully saturated rings. The van der Waals surface area contributed by atoms with Gasteiger partial charge in [0.2, 0.25) is 5.91 Å². The maximum absolute atomic E-state index is 12.0. The van der Waals surface area contributed by atoms with E-state index in [9.17, 15) is 4.79 Å². The van der Waals surface area contributed by atoms with E-state index in [0.717, 1.165) is 19.3 Å². The molecular formula is C17H25NOS. The summed E-state index contributed by atoms with van der Waals surface area (Å²) in [5, 5.41) is 0. The van der Waals surface area contributed by atoms with Crippen LogP contribution in [0.2, 0.25) is 0 Å². The maximum atomic E-state index is 12.0. The lowest BCUT2D eigenvalue weighted by Gasteiger charge is -2.50. The summed E-state index contributed by atoms with van der Waals surface area (Å²) in [5.41, 5.74) is 2.82. The van der Waals surface area contributed by atoms with Crippen molar-refractivity contribution in [2.24, 2.45) is 5.41 Å². The molecular weight excluding hydrogens is 266 g/mol. The monoisotopic (exact) mass is 291 g/mol. The number of carbonyl (C=O) groups is 1. The molecule has 2 rings (SSSR count). The molecule has 0 aromatic heterocycles. The number of hydrogen-bond donors (Lipinski definition) is 0. The van der Waals surface area contributed by atoms with Gasteiger partial charge < -0.3 is 4.90 Å². The molecule has 1 amide bonds. The molecule has 1 aliphatic carbocycles. The van der Waals surface area contributed by atoms with Gasteiger partial charge in [0.1, 0.15) is 0 Å². The summed E-state index contributed by atoms with van der Waals surface area (Å²) in [6.45, 7) is 8.51. The molecule has 0 bridgehead atoms. The molecule has 0 radical (unpaired) electrons. The molecule has 2 aliphatic rings. The Labute approximate surface area is 127 Å². The van der Waals surface area contributed by atoms with Crippen LogP contribution >= 0.6 is 11.8 Å². The third-order valence-corrected chi connectivity index (χ3v) is 5.77. The van der Waals surface area contributed by atoms with E-state index in [-0.39, 0.29) is 11.3 Å². The van der Waals surface area contributed by atoms with Crippen molar-refractivity contribution in [3.05, 3.63) is 34.8 Å². The Kier molecular flexibility index (Phi) is 4.48. The molecule has 3 heteroatoms. The van der Waals surface area contributed by atoms with Gasteiger partial charge in [0, 0.05) is 24.9 Å². The Morgan fingerprint density at radius 3 is 2.80 bits per heavy atom. The van der Waals surface area contributed by atoms with Crippen molar-refractivity contribution < 1.29 is 4.79 Å². The molecule has 1 saturated heterocycles. The van der Waals surface area contributed by atoms with Gasteiger partial charge in [-0.15, -0.1) is 11.8 Å². The van der Waals surface area contributed by atoms with Gasteiger partial charge >= 0.3 is 0 Å². The number of nitrogens with zero attached hydrogens (tertiary/aromatic N) is 1. The first-order valence-electron chi connectivity index (χ1n) is 7.28. The highest BCUT2D eigenvalue weighted by Gasteiger charge is 2.46. The highest BCUT2D eigenvalue weighted by atomic mass is 32.2. The zero-order chi connectivity index (χ0) is 14.9. The van der Waals surface area contributed by atoms with Crippen LogP contribution in [0.4, 0.5) is 0 Å². The van der Waals surface area contributed by atoms with Crippen LogP contribution < -0.4 is 0 Å². The molecule has 1 unspecified atom stereocenters. The average Bonchev–Trinajstić information content (AvgIpc) is 2.43. The van der Waals surface area contributed by atoms with Gasteiger partial charge in [0.25, 0.3) is 0 Å². The number of carbonyl (C=O) groups excluding carboxylic acids is 1. The summed E-state index contributed by atoms with van der Waals surface area (Å²) < 4.78 is 0. The van der Waals surface area contributed by atoms with Gasteiger partial charge in [-0.1, -0.05) is 19.6 Å². The number of fused-ring (bicyclic) bond motifs is 1. The summed E-state index contributed by atoms with van der Waals surface area (Å²) in [4.78, 5) is 15.3. The maximum Gasteiger partial charge on any atom is 0.222 e. The van der Waals surface area contributed by atoms with Gasteiger partial charge in [0.15, 0.2) is 0 Å². The van der Waals surface area contributed by atoms with Gasteiger partial charge in [-0.25, -0.2) is 0 Å². The van der Waals surface area contributed by atoms with E-state index >= 15 is 0 Å². The first kappa shape index (κ1) is 15.4. The third-order valence-electron chi connectivity index (χ3n) is 5.01. The fourth-order valence-corrected chi connectivity index (χ4v) is 4.01. The van der Waals surface area contributed by atoms with Crippen molar-refractivity contribution in [3.63, 3.8) is 0 Å². The van der Waals surface area contributed by atoms with Crippen LogP contribution in [0.5, 0.6) is 0 Å². The zero-order valence-corrected chi connectivity index (χ0v) is 13.8. The molecule has 0 aromatic rings. The predicted octanol–water partition coefficient (Wildman–Crippen LogP) is 4.16. The Hall–Kier alpha value is -0.960. The highest BCUT2D eigenvalue weighted by molar-refractivity contribution is 8.02. The number of allylic oxidation sites excluding steroid dienone is 4. The van der Waals surface area contributed by atoms with Crippen LogP contribution in [0.15, 0.2) is 34.8 Å². The highest BCUT2D eigenvalue weighted by Crippen LogP contribution is 2.49. The van der Waals surface area contributed by atoms with E-state index in [1.807, 2.05) is 18.0 Å². The molecule has 20 heavy (non-hydrogen) atoms. The van der Waals surface area contributed by atoms with Crippen LogP contribution in [-0.2, 0) is 4.79 Å². The minimum atomic E-state index is 0.0627. The van der Waals surface area contributed by atoms with Crippen molar-refractivity contribution in [2.75, 3.05) is 13.3 Å². The van der Waals surface area contributed by atoms with Gasteiger partial charge in [-0.2, -0.15) is 0 Å². The second kappa shape index (κ2) is 5.80. The van der Waals surface area contributed by atoms with Gasteiger partial charge in [-0.05, 0) is 54.6 Å². The zero-order valence-electron chi connectivity index (χ0n) is 13.0. The van der Waals surface area contributed by atoms with Gasteiger partial charge in [-0.3, -0.25) is 4.79 Å². The molecule has 110 valence electrons. The molecule has 0 spiro atoms. The molecule has 1 heterocycles. The van der Waals surface area contributed by atoms with Gasteiger partial charge in [0.05, 0.1) is 0 Å². The van der Waals surface area contributed by atoms with Crippen molar-refractivity contribution in [1.29, 1.82) is 0 Å². The lowest BCUT2D eigenvalue weighted by atomic mass is 9.63. The van der Waals surface area contributed by atoms with Crippen LogP contribution in [-0.4, -0.2) is 30.2 Å². The molecule has 2 atom stereocenters. The largest absolute Gasteiger partial charge is 0.342 e. The van der Waals surface area contributed by atoms with Crippen molar-refractivity contribution in [1.82, 2.24) is 4.90 Å². The standard InChI is InChI=1S/C17H25NOS/c1-6-14-13(11-12(2)20-5)7-8-15-17(14,3)10-9-16(19)18(15)4/h6,11,15H,1,7-10H2,2-5H3/b12-11+/t15?,17-/m1/s1. The molecule has 0 N–H and O–H groups in total. The summed E-state index contributed by atoms with van der Waals surface area (Å²) in [7, 11) is 1.96. The predicted molar refractivity (Wildman–Crippen MR) is 87.6 cm³/mol. The Bertz CT molecular complexity index is 491. The minimum Gasteiger partial charge on any atom is -0.342 e. The lowest BCUT2D eigenvalue weighted by Crippen LogP contribution is -2.54. The Morgan fingerprint density at radius 2 is 2.20 bits per heavy atom. The van der Waals surface area contributed by atoms with Crippen molar-refractivity contribution >= 4 is 17.7 Å². The molecule has 1 aliphatic heterocycles. The number of rotatable bonds is 3. The van der Waals surface area contributed by atoms with E-state index in [0.29, 0.717) is 12.5 Å². The van der Waals surface area contributed by atoms with Crippen LogP contribution in [0.3, 0.4) is 0 Å². The molecule has 0 saturated carbocycles. The first-order chi connectivity index (χ1) is 9.43. The number of piperidine rings is 1. The average molecular weight is 291 g/mol. The van der Waals surface area contributed by atoms with E-state index in [1.54, 1.807) is 11.8 Å². The van der Waals surface area contributed by atoms with E-state index in [2.05, 4.69) is 32.8 Å². The number of thioether (sulfide) groups is 1. The second-order valence-corrected chi connectivity index (χ2v) is 7.13. The molecule has 2 nitrogen and oxygen atoms in total. The first-order valence-corrected chi connectivity index (χ1v) is 8.50. The normalized spacial score (nSPS) is 31.4. The number of likely N-dealkylation sites (tertiary alicyclic amines) is 1. The summed E-state index contributed by atoms with van der Waals surface area (Å²) in [6.07, 6.45) is 10.1. The van der Waals surface area contributed by atoms with Crippen molar-refractivity contribution in [3.8, 4) is 0 Å². The topological polar surface area (TPSA) is 20.3 Å². The second-order valence-electron chi connectivity index (χ2n) is 6.08. The number of hydrogen-bond acceptors (Lipinski definition) is 2. The summed E-state index contributed by atoms with van der Waals surface area (Å²) in [5.74, 6) is 0.287.